The van der Waals surface area contributed by atoms with Crippen LogP contribution >= 0.6 is 26.6 Å². The van der Waals surface area contributed by atoms with E-state index in [0.717, 1.165) is 6.07 Å². The van der Waals surface area contributed by atoms with Crippen LogP contribution in [0.25, 0.3) is 0 Å². The minimum atomic E-state index is -3.87. The van der Waals surface area contributed by atoms with E-state index in [0.29, 0.717) is 0 Å². The zero-order valence-corrected chi connectivity index (χ0v) is 10.1. The van der Waals surface area contributed by atoms with Gasteiger partial charge in [-0.15, -0.1) is 0 Å². The number of hydrogen-bond donors (Lipinski definition) is 1. The highest BCUT2D eigenvalue weighted by Crippen LogP contribution is 2.35. The summed E-state index contributed by atoms with van der Waals surface area (Å²) in [6.45, 7) is 0. The maximum absolute atomic E-state index is 11.0. The largest absolute Gasteiger partial charge is 0.504 e. The molecule has 0 spiro atoms. The van der Waals surface area contributed by atoms with E-state index in [9.17, 15) is 13.5 Å². The van der Waals surface area contributed by atoms with Crippen molar-refractivity contribution in [2.45, 2.75) is 4.90 Å². The van der Waals surface area contributed by atoms with Crippen molar-refractivity contribution < 1.29 is 18.3 Å². The molecule has 1 rings (SSSR count). The lowest BCUT2D eigenvalue weighted by Crippen LogP contribution is -1.93. The summed E-state index contributed by atoms with van der Waals surface area (Å²) < 4.78 is 27.0. The van der Waals surface area contributed by atoms with E-state index in [-0.39, 0.29) is 20.9 Å². The van der Waals surface area contributed by atoms with Crippen molar-refractivity contribution in [2.75, 3.05) is 7.11 Å². The van der Waals surface area contributed by atoms with Gasteiger partial charge in [0.15, 0.2) is 11.5 Å². The van der Waals surface area contributed by atoms with Crippen molar-refractivity contribution in [2.24, 2.45) is 0 Å². The number of halogens is 2. The Labute approximate surface area is 94.0 Å². The second-order valence-electron chi connectivity index (χ2n) is 2.39. The molecular formula is C7H6BrClO4S. The minimum absolute atomic E-state index is 0.168. The predicted octanol–water partition coefficient (Wildman–Crippen LogP) is 2.09. The fraction of sp³-hybridized carbons (Fsp3) is 0.143. The highest BCUT2D eigenvalue weighted by Gasteiger charge is 2.17. The third-order valence-corrected chi connectivity index (χ3v) is 3.78. The molecule has 1 aromatic carbocycles. The van der Waals surface area contributed by atoms with E-state index >= 15 is 0 Å². The zero-order chi connectivity index (χ0) is 10.9. The van der Waals surface area contributed by atoms with Crippen LogP contribution < -0.4 is 4.74 Å². The van der Waals surface area contributed by atoms with Crippen molar-refractivity contribution in [3.05, 3.63) is 16.6 Å². The number of ether oxygens (including phenoxy) is 1. The van der Waals surface area contributed by atoms with Gasteiger partial charge in [-0.1, -0.05) is 0 Å². The molecule has 4 nitrogen and oxygen atoms in total. The topological polar surface area (TPSA) is 63.6 Å². The molecule has 0 saturated heterocycles. The smallest absolute Gasteiger partial charge is 0.262 e. The molecule has 14 heavy (non-hydrogen) atoms. The standard InChI is InChI=1S/C7H6BrClO4S/c1-13-6-2-4(8)7(3-5(6)10)14(9,11)12/h2-3,10H,1H3. The summed E-state index contributed by atoms with van der Waals surface area (Å²) >= 11 is 3.00. The van der Waals surface area contributed by atoms with Gasteiger partial charge in [0.2, 0.25) is 0 Å². The molecular weight excluding hydrogens is 295 g/mol. The van der Waals surface area contributed by atoms with E-state index in [4.69, 9.17) is 15.4 Å². The van der Waals surface area contributed by atoms with Crippen LogP contribution in [0.5, 0.6) is 11.5 Å². The van der Waals surface area contributed by atoms with Crippen LogP contribution in [0.2, 0.25) is 0 Å². The fourth-order valence-electron chi connectivity index (χ4n) is 0.875. The summed E-state index contributed by atoms with van der Waals surface area (Å²) in [7, 11) is 2.61. The Morgan fingerprint density at radius 3 is 2.50 bits per heavy atom. The van der Waals surface area contributed by atoms with E-state index in [1.54, 1.807) is 0 Å². The molecule has 1 aromatic rings. The van der Waals surface area contributed by atoms with Gasteiger partial charge in [0.25, 0.3) is 9.05 Å². The van der Waals surface area contributed by atoms with Crippen molar-refractivity contribution >= 4 is 35.7 Å². The molecule has 7 heteroatoms. The van der Waals surface area contributed by atoms with E-state index in [1.165, 1.54) is 13.2 Å². The maximum Gasteiger partial charge on any atom is 0.262 e. The fourth-order valence-corrected chi connectivity index (χ4v) is 3.04. The Balaban J connectivity index is 3.44. The Hall–Kier alpha value is -0.460. The molecule has 0 aliphatic carbocycles. The lowest BCUT2D eigenvalue weighted by molar-refractivity contribution is 0.372. The Bertz CT molecular complexity index is 457. The third kappa shape index (κ3) is 2.31. The zero-order valence-electron chi connectivity index (χ0n) is 6.99. The molecule has 0 aliphatic heterocycles. The first kappa shape index (κ1) is 11.6. The molecule has 0 aliphatic rings. The molecule has 0 saturated carbocycles. The number of aromatic hydroxyl groups is 1. The predicted molar refractivity (Wildman–Crippen MR) is 55.4 cm³/mol. The van der Waals surface area contributed by atoms with Crippen LogP contribution in [0.1, 0.15) is 0 Å². The van der Waals surface area contributed by atoms with Crippen molar-refractivity contribution in [1.29, 1.82) is 0 Å². The van der Waals surface area contributed by atoms with Crippen molar-refractivity contribution in [3.8, 4) is 11.5 Å². The second-order valence-corrected chi connectivity index (χ2v) is 5.78. The molecule has 0 amide bonds. The van der Waals surface area contributed by atoms with Gasteiger partial charge in [0, 0.05) is 21.2 Å². The van der Waals surface area contributed by atoms with Crippen LogP contribution in [0.3, 0.4) is 0 Å². The SMILES string of the molecule is COc1cc(Br)c(S(=O)(=O)Cl)cc1O. The lowest BCUT2D eigenvalue weighted by Gasteiger charge is -2.06. The third-order valence-electron chi connectivity index (χ3n) is 1.50. The van der Waals surface area contributed by atoms with Crippen LogP contribution in [0.15, 0.2) is 21.5 Å². The van der Waals surface area contributed by atoms with Crippen molar-refractivity contribution in [3.63, 3.8) is 0 Å². The van der Waals surface area contributed by atoms with Gasteiger partial charge in [-0.3, -0.25) is 0 Å². The normalized spacial score (nSPS) is 11.4. The average Bonchev–Trinajstić information content (AvgIpc) is 2.06. The first-order valence-corrected chi connectivity index (χ1v) is 6.47. The second kappa shape index (κ2) is 3.96. The van der Waals surface area contributed by atoms with Crippen molar-refractivity contribution in [1.82, 2.24) is 0 Å². The molecule has 0 radical (unpaired) electrons. The molecule has 78 valence electrons. The molecule has 0 aromatic heterocycles. The molecule has 1 N–H and O–H groups in total. The number of phenols is 1. The quantitative estimate of drug-likeness (QED) is 0.850. The summed E-state index contributed by atoms with van der Waals surface area (Å²) in [6.07, 6.45) is 0. The number of hydrogen-bond acceptors (Lipinski definition) is 4. The summed E-state index contributed by atoms with van der Waals surface area (Å²) in [4.78, 5) is -0.197. The summed E-state index contributed by atoms with van der Waals surface area (Å²) in [5, 5.41) is 9.31. The molecule has 0 bridgehead atoms. The van der Waals surface area contributed by atoms with E-state index in [1.807, 2.05) is 0 Å². The summed E-state index contributed by atoms with van der Waals surface area (Å²) in [5.41, 5.74) is 0. The first-order chi connectivity index (χ1) is 6.36. The Kier molecular flexibility index (Phi) is 3.28. The van der Waals surface area contributed by atoms with Gasteiger partial charge >= 0.3 is 0 Å². The maximum atomic E-state index is 11.0. The minimum Gasteiger partial charge on any atom is -0.504 e. The van der Waals surface area contributed by atoms with Crippen LogP contribution in [-0.2, 0) is 9.05 Å². The van der Waals surface area contributed by atoms with E-state index < -0.39 is 9.05 Å². The first-order valence-electron chi connectivity index (χ1n) is 3.37. The van der Waals surface area contributed by atoms with Crippen LogP contribution in [-0.4, -0.2) is 20.6 Å². The number of phenolic OH excluding ortho intramolecular Hbond substituents is 1. The monoisotopic (exact) mass is 300 g/mol. The molecule has 0 atom stereocenters. The van der Waals surface area contributed by atoms with Gasteiger partial charge in [-0.05, 0) is 22.0 Å². The number of rotatable bonds is 2. The summed E-state index contributed by atoms with van der Waals surface area (Å²) in [5.74, 6) is -0.115. The average molecular weight is 302 g/mol. The van der Waals surface area contributed by atoms with Gasteiger partial charge in [-0.2, -0.15) is 0 Å². The molecule has 0 heterocycles. The van der Waals surface area contributed by atoms with E-state index in [2.05, 4.69) is 15.9 Å². The van der Waals surface area contributed by atoms with Crippen LogP contribution in [0.4, 0.5) is 0 Å². The highest BCUT2D eigenvalue weighted by atomic mass is 79.9. The van der Waals surface area contributed by atoms with Gasteiger partial charge in [0.1, 0.15) is 4.90 Å². The Morgan fingerprint density at radius 1 is 1.50 bits per heavy atom. The number of benzene rings is 1. The molecule has 0 unspecified atom stereocenters. The van der Waals surface area contributed by atoms with Gasteiger partial charge in [0.05, 0.1) is 7.11 Å². The highest BCUT2D eigenvalue weighted by molar-refractivity contribution is 9.10. The van der Waals surface area contributed by atoms with Gasteiger partial charge in [-0.25, -0.2) is 8.42 Å². The van der Waals surface area contributed by atoms with Gasteiger partial charge < -0.3 is 9.84 Å². The molecule has 0 fully saturated rings. The van der Waals surface area contributed by atoms with Crippen LogP contribution in [0, 0.1) is 0 Å². The number of methoxy groups -OCH3 is 1. The Morgan fingerprint density at radius 2 is 2.07 bits per heavy atom. The summed E-state index contributed by atoms with van der Waals surface area (Å²) in [6, 6.07) is 2.34. The lowest BCUT2D eigenvalue weighted by atomic mass is 10.3.